The molecule has 0 aliphatic rings. The van der Waals surface area contributed by atoms with Gasteiger partial charge in [0, 0.05) is 35.2 Å². The van der Waals surface area contributed by atoms with Crippen molar-refractivity contribution in [3.63, 3.8) is 0 Å². The summed E-state index contributed by atoms with van der Waals surface area (Å²) in [5, 5.41) is 17.2. The van der Waals surface area contributed by atoms with Crippen LogP contribution in [-0.4, -0.2) is 36.7 Å². The van der Waals surface area contributed by atoms with Gasteiger partial charge in [-0.2, -0.15) is 5.10 Å². The molecule has 2 amide bonds. The van der Waals surface area contributed by atoms with Crippen LogP contribution in [0.15, 0.2) is 47.6 Å². The summed E-state index contributed by atoms with van der Waals surface area (Å²) >= 11 is 0. The number of ether oxygens (including phenoxy) is 2. The summed E-state index contributed by atoms with van der Waals surface area (Å²) in [6.07, 6.45) is -0.107. The quantitative estimate of drug-likeness (QED) is 0.398. The summed E-state index contributed by atoms with van der Waals surface area (Å²) in [6, 6.07) is 10.3. The second kappa shape index (κ2) is 9.83. The molecule has 2 aromatic rings. The number of nitro groups is 1. The topological polar surface area (TPSA) is 132 Å². The Bertz CT molecular complexity index is 935. The van der Waals surface area contributed by atoms with E-state index in [9.17, 15) is 19.7 Å². The van der Waals surface area contributed by atoms with Crippen molar-refractivity contribution in [2.75, 3.05) is 19.5 Å². The van der Waals surface area contributed by atoms with Gasteiger partial charge in [-0.15, -0.1) is 0 Å². The molecule has 0 saturated carbocycles. The molecule has 2 aromatic carbocycles. The zero-order chi connectivity index (χ0) is 21.4. The van der Waals surface area contributed by atoms with Crippen LogP contribution in [0.3, 0.4) is 0 Å². The Balaban J connectivity index is 1.97. The van der Waals surface area contributed by atoms with Crippen molar-refractivity contribution in [2.24, 2.45) is 5.10 Å². The summed E-state index contributed by atoms with van der Waals surface area (Å²) in [5.41, 5.74) is 3.15. The van der Waals surface area contributed by atoms with Gasteiger partial charge in [-0.3, -0.25) is 19.7 Å². The number of anilines is 1. The molecule has 0 radical (unpaired) electrons. The minimum absolute atomic E-state index is 0.107. The van der Waals surface area contributed by atoms with Crippen molar-refractivity contribution in [1.29, 1.82) is 0 Å². The predicted molar refractivity (Wildman–Crippen MR) is 106 cm³/mol. The Kier molecular flexibility index (Phi) is 7.24. The van der Waals surface area contributed by atoms with Crippen LogP contribution >= 0.6 is 0 Å². The van der Waals surface area contributed by atoms with Gasteiger partial charge in [0.1, 0.15) is 11.5 Å². The van der Waals surface area contributed by atoms with E-state index in [0.717, 1.165) is 0 Å². The van der Waals surface area contributed by atoms with E-state index in [-0.39, 0.29) is 17.7 Å². The number of methoxy groups -OCH3 is 2. The van der Waals surface area contributed by atoms with Gasteiger partial charge in [-0.05, 0) is 25.1 Å². The summed E-state index contributed by atoms with van der Waals surface area (Å²) in [5.74, 6) is -0.0252. The molecule has 0 unspecified atom stereocenters. The van der Waals surface area contributed by atoms with Crippen molar-refractivity contribution in [2.45, 2.75) is 13.3 Å². The Morgan fingerprint density at radius 3 is 2.34 bits per heavy atom. The molecule has 0 saturated heterocycles. The van der Waals surface area contributed by atoms with Gasteiger partial charge >= 0.3 is 0 Å². The van der Waals surface area contributed by atoms with E-state index in [0.29, 0.717) is 22.9 Å². The van der Waals surface area contributed by atoms with Gasteiger partial charge < -0.3 is 14.8 Å². The number of nitrogens with zero attached hydrogens (tertiary/aromatic N) is 2. The lowest BCUT2D eigenvalue weighted by atomic mass is 10.2. The highest BCUT2D eigenvalue weighted by atomic mass is 16.6. The van der Waals surface area contributed by atoms with Crippen LogP contribution < -0.4 is 20.2 Å². The average molecular weight is 400 g/mol. The summed E-state index contributed by atoms with van der Waals surface area (Å²) in [7, 11) is 2.94. The number of hydrogen-bond acceptors (Lipinski definition) is 7. The monoisotopic (exact) mass is 400 g/mol. The molecule has 0 aromatic heterocycles. The number of benzene rings is 2. The van der Waals surface area contributed by atoms with E-state index >= 15 is 0 Å². The van der Waals surface area contributed by atoms with Crippen LogP contribution in [0.1, 0.15) is 23.7 Å². The largest absolute Gasteiger partial charge is 0.497 e. The lowest BCUT2D eigenvalue weighted by Gasteiger charge is -2.08. The number of non-ortho nitro benzene ring substituents is 1. The predicted octanol–water partition coefficient (Wildman–Crippen LogP) is 2.75. The Labute approximate surface area is 166 Å². The number of amides is 2. The lowest BCUT2D eigenvalue weighted by Crippen LogP contribution is -2.21. The molecule has 10 heteroatoms. The van der Waals surface area contributed by atoms with E-state index in [1.165, 1.54) is 50.6 Å². The van der Waals surface area contributed by atoms with E-state index in [2.05, 4.69) is 15.8 Å². The van der Waals surface area contributed by atoms with Crippen LogP contribution in [0.25, 0.3) is 0 Å². The maximum absolute atomic E-state index is 12.3. The lowest BCUT2D eigenvalue weighted by molar-refractivity contribution is -0.384. The second-order valence-electron chi connectivity index (χ2n) is 5.92. The molecule has 0 spiro atoms. The summed E-state index contributed by atoms with van der Waals surface area (Å²) < 4.78 is 10.2. The first-order valence-electron chi connectivity index (χ1n) is 8.43. The second-order valence-corrected chi connectivity index (χ2v) is 5.92. The van der Waals surface area contributed by atoms with Crippen molar-refractivity contribution in [3.8, 4) is 11.5 Å². The maximum atomic E-state index is 12.3. The van der Waals surface area contributed by atoms with Crippen LogP contribution in [0, 0.1) is 10.1 Å². The Morgan fingerprint density at radius 1 is 1.10 bits per heavy atom. The molecule has 152 valence electrons. The van der Waals surface area contributed by atoms with Crippen molar-refractivity contribution in [3.05, 3.63) is 58.1 Å². The van der Waals surface area contributed by atoms with Gasteiger partial charge in [0.15, 0.2) is 0 Å². The highest BCUT2D eigenvalue weighted by Crippen LogP contribution is 2.22. The molecule has 0 fully saturated rings. The molecular weight excluding hydrogens is 380 g/mol. The molecule has 0 heterocycles. The third-order valence-electron chi connectivity index (χ3n) is 3.72. The van der Waals surface area contributed by atoms with Crippen LogP contribution in [0.2, 0.25) is 0 Å². The number of carbonyl (C=O) groups is 2. The first kappa shape index (κ1) is 21.4. The minimum atomic E-state index is -0.550. The molecule has 0 aliphatic carbocycles. The first-order valence-corrected chi connectivity index (χ1v) is 8.43. The Hall–Kier alpha value is -3.95. The maximum Gasteiger partial charge on any atom is 0.271 e. The number of hydrazone groups is 1. The highest BCUT2D eigenvalue weighted by Gasteiger charge is 2.11. The van der Waals surface area contributed by atoms with E-state index < -0.39 is 16.7 Å². The molecule has 0 atom stereocenters. The smallest absolute Gasteiger partial charge is 0.271 e. The van der Waals surface area contributed by atoms with Crippen LogP contribution in [0.4, 0.5) is 11.4 Å². The van der Waals surface area contributed by atoms with E-state index in [1.54, 1.807) is 13.0 Å². The number of rotatable bonds is 8. The number of carbonyl (C=O) groups excluding carboxylic acids is 2. The zero-order valence-corrected chi connectivity index (χ0v) is 16.1. The molecule has 0 bridgehead atoms. The first-order chi connectivity index (χ1) is 13.8. The van der Waals surface area contributed by atoms with Crippen molar-refractivity contribution < 1.29 is 24.0 Å². The third kappa shape index (κ3) is 6.31. The molecule has 10 nitrogen and oxygen atoms in total. The standard InChI is InChI=1S/C19H20N4O6/c1-12(7-18(24)20-14-5-4-6-15(10-14)23(26)27)21-22-19(25)13-8-16(28-2)11-17(9-13)29-3/h4-6,8-11H,7H2,1-3H3,(H,20,24)(H,22,25)/b21-12+. The Morgan fingerprint density at radius 2 is 1.76 bits per heavy atom. The van der Waals surface area contributed by atoms with Gasteiger partial charge in [-0.25, -0.2) is 5.43 Å². The fourth-order valence-electron chi connectivity index (χ4n) is 2.32. The number of hydrogen-bond donors (Lipinski definition) is 2. The highest BCUT2D eigenvalue weighted by molar-refractivity contribution is 6.06. The fraction of sp³-hybridized carbons (Fsp3) is 0.211. The summed E-state index contributed by atoms with van der Waals surface area (Å²) in [4.78, 5) is 34.6. The molecule has 0 aliphatic heterocycles. The minimum Gasteiger partial charge on any atom is -0.497 e. The normalized spacial score (nSPS) is 10.8. The molecule has 2 rings (SSSR count). The van der Waals surface area contributed by atoms with Gasteiger partial charge in [0.2, 0.25) is 5.91 Å². The number of nitro benzene ring substituents is 1. The molecular formula is C19H20N4O6. The van der Waals surface area contributed by atoms with Crippen molar-refractivity contribution in [1.82, 2.24) is 5.43 Å². The number of nitrogens with one attached hydrogen (secondary N) is 2. The molecule has 29 heavy (non-hydrogen) atoms. The van der Waals surface area contributed by atoms with Gasteiger partial charge in [-0.1, -0.05) is 6.07 Å². The van der Waals surface area contributed by atoms with Crippen LogP contribution in [0.5, 0.6) is 11.5 Å². The molecule has 2 N–H and O–H groups in total. The van der Waals surface area contributed by atoms with Crippen molar-refractivity contribution >= 4 is 28.9 Å². The average Bonchev–Trinajstić information content (AvgIpc) is 2.71. The fourth-order valence-corrected chi connectivity index (χ4v) is 2.32. The third-order valence-corrected chi connectivity index (χ3v) is 3.72. The van der Waals surface area contributed by atoms with Crippen LogP contribution in [-0.2, 0) is 4.79 Å². The SMILES string of the molecule is COc1cc(OC)cc(C(=O)N/N=C(\C)CC(=O)Nc2cccc([N+](=O)[O-])c2)c1. The summed E-state index contributed by atoms with van der Waals surface area (Å²) in [6.45, 7) is 1.57. The van der Waals surface area contributed by atoms with Gasteiger partial charge in [0.25, 0.3) is 11.6 Å². The van der Waals surface area contributed by atoms with Gasteiger partial charge in [0.05, 0.1) is 25.6 Å². The zero-order valence-electron chi connectivity index (χ0n) is 16.1. The van der Waals surface area contributed by atoms with E-state index in [1.807, 2.05) is 0 Å². The van der Waals surface area contributed by atoms with E-state index in [4.69, 9.17) is 9.47 Å².